The number of aromatic nitrogens is 2. The summed E-state index contributed by atoms with van der Waals surface area (Å²) < 4.78 is 39.1. The van der Waals surface area contributed by atoms with Crippen molar-refractivity contribution in [3.8, 4) is 11.1 Å². The maximum atomic E-state index is 16.0. The van der Waals surface area contributed by atoms with E-state index in [-0.39, 0.29) is 33.5 Å². The Morgan fingerprint density at radius 1 is 1.12 bits per heavy atom. The van der Waals surface area contributed by atoms with E-state index in [4.69, 9.17) is 35.2 Å². The number of carbonyl (C=O) groups is 2. The van der Waals surface area contributed by atoms with Gasteiger partial charge in [-0.3, -0.25) is 15.2 Å². The molecule has 2 amide bonds. The minimum Gasteiger partial charge on any atom is -0.443 e. The van der Waals surface area contributed by atoms with Crippen molar-refractivity contribution in [3.63, 3.8) is 0 Å². The van der Waals surface area contributed by atoms with Crippen LogP contribution in [0, 0.1) is 18.7 Å². The normalized spacial score (nSPS) is 18.5. The van der Waals surface area contributed by atoms with Crippen molar-refractivity contribution in [2.45, 2.75) is 91.1 Å². The molecule has 10 nitrogen and oxygen atoms in total. The monoisotopic (exact) mass is 700 g/mol. The number of anilines is 2. The van der Waals surface area contributed by atoms with Crippen LogP contribution < -0.4 is 10.2 Å². The number of carbonyl (C=O) groups excluding carboxylic acids is 2. The van der Waals surface area contributed by atoms with E-state index in [1.165, 1.54) is 6.20 Å². The summed E-state index contributed by atoms with van der Waals surface area (Å²) in [6.07, 6.45) is 2.78. The summed E-state index contributed by atoms with van der Waals surface area (Å²) in [7, 11) is -2.04. The van der Waals surface area contributed by atoms with Gasteiger partial charge in [0, 0.05) is 54.4 Å². The molecule has 5 rings (SSSR count). The molecule has 1 fully saturated rings. The van der Waals surface area contributed by atoms with Gasteiger partial charge in [-0.05, 0) is 75.3 Å². The number of rotatable bonds is 6. The summed E-state index contributed by atoms with van der Waals surface area (Å²) in [6.45, 7) is 20.1. The van der Waals surface area contributed by atoms with Crippen molar-refractivity contribution in [2.75, 3.05) is 36.6 Å². The molecule has 260 valence electrons. The molecule has 4 heterocycles. The van der Waals surface area contributed by atoms with Crippen molar-refractivity contribution in [1.82, 2.24) is 9.97 Å². The van der Waals surface area contributed by atoms with Gasteiger partial charge in [0.05, 0.1) is 29.6 Å². The zero-order valence-corrected chi connectivity index (χ0v) is 31.0. The zero-order chi connectivity index (χ0) is 35.2. The van der Waals surface area contributed by atoms with E-state index in [1.54, 1.807) is 23.2 Å². The number of pyridine rings is 2. The molecular formula is C35H46ClFN4O6Si. The number of amides is 2. The second-order valence-electron chi connectivity index (χ2n) is 15.2. The summed E-state index contributed by atoms with van der Waals surface area (Å²) in [5.41, 5.74) is 1.93. The average molecular weight is 701 g/mol. The van der Waals surface area contributed by atoms with Crippen LogP contribution in [0.3, 0.4) is 0 Å². The molecule has 1 unspecified atom stereocenters. The molecule has 1 aromatic carbocycles. The van der Waals surface area contributed by atoms with E-state index in [0.29, 0.717) is 72.5 Å². The number of halogens is 2. The number of fused-ring (bicyclic) bond motifs is 2. The lowest BCUT2D eigenvalue weighted by Crippen LogP contribution is -2.47. The highest BCUT2D eigenvalue weighted by Gasteiger charge is 2.40. The predicted octanol–water partition coefficient (Wildman–Crippen LogP) is 8.67. The molecule has 0 spiro atoms. The second-order valence-corrected chi connectivity index (χ2v) is 20.4. The molecule has 0 radical (unpaired) electrons. The first-order valence-corrected chi connectivity index (χ1v) is 19.6. The standard InChI is InChI=1S/C35H46ClFN4O6Si/c1-20-25(24-13-22-14-28(39-16-26(22)29(36)30(24)37)40-32(42)46-23-10-11-44-19-23)15-38-27-12-21(18-45-48(8,9)35(5,6)7)17-41(31(20)27)33(43)47-34(2,3)4/h13-16,21,23H,10-12,17-19H2,1-9H3,(H,39,40,42)/t21?,23-/m1/s1. The van der Waals surface area contributed by atoms with Crippen molar-refractivity contribution in [2.24, 2.45) is 5.92 Å². The van der Waals surface area contributed by atoms with Gasteiger partial charge in [0.15, 0.2) is 8.32 Å². The Kier molecular flexibility index (Phi) is 10.1. The fourth-order valence-corrected chi connectivity index (χ4v) is 6.98. The number of nitrogens with zero attached hydrogens (tertiary/aromatic N) is 3. The molecule has 2 atom stereocenters. The van der Waals surface area contributed by atoms with Crippen molar-refractivity contribution in [1.29, 1.82) is 0 Å². The third-order valence-corrected chi connectivity index (χ3v) is 14.1. The van der Waals surface area contributed by atoms with Gasteiger partial charge in [-0.25, -0.2) is 19.0 Å². The molecule has 2 aliphatic rings. The van der Waals surface area contributed by atoms with Gasteiger partial charge in [-0.2, -0.15) is 0 Å². The predicted molar refractivity (Wildman–Crippen MR) is 188 cm³/mol. The molecule has 0 saturated carbocycles. The summed E-state index contributed by atoms with van der Waals surface area (Å²) in [6, 6.07) is 3.25. The first-order chi connectivity index (χ1) is 22.3. The summed E-state index contributed by atoms with van der Waals surface area (Å²) in [5.74, 6) is -0.421. The van der Waals surface area contributed by atoms with E-state index < -0.39 is 31.9 Å². The van der Waals surface area contributed by atoms with Crippen molar-refractivity contribution in [3.05, 3.63) is 46.6 Å². The number of nitrogens with one attached hydrogen (secondary N) is 1. The Bertz CT molecular complexity index is 1720. The lowest BCUT2D eigenvalue weighted by molar-refractivity contribution is 0.0565. The molecule has 1 saturated heterocycles. The van der Waals surface area contributed by atoms with Gasteiger partial charge < -0.3 is 18.6 Å². The summed E-state index contributed by atoms with van der Waals surface area (Å²) in [4.78, 5) is 36.8. The molecular weight excluding hydrogens is 655 g/mol. The van der Waals surface area contributed by atoms with Crippen LogP contribution in [-0.2, 0) is 25.1 Å². The number of ether oxygens (including phenoxy) is 3. The molecule has 1 N–H and O–H groups in total. The largest absolute Gasteiger partial charge is 0.443 e. The molecule has 13 heteroatoms. The van der Waals surface area contributed by atoms with Gasteiger partial charge in [0.25, 0.3) is 0 Å². The molecule has 48 heavy (non-hydrogen) atoms. The lowest BCUT2D eigenvalue weighted by Gasteiger charge is -2.40. The van der Waals surface area contributed by atoms with Gasteiger partial charge >= 0.3 is 12.2 Å². The van der Waals surface area contributed by atoms with Crippen LogP contribution in [0.1, 0.15) is 59.2 Å². The highest BCUT2D eigenvalue weighted by atomic mass is 35.5. The quantitative estimate of drug-likeness (QED) is 0.254. The Hall–Kier alpha value is -3.32. The number of hydrogen-bond donors (Lipinski definition) is 1. The highest BCUT2D eigenvalue weighted by Crippen LogP contribution is 2.42. The first-order valence-electron chi connectivity index (χ1n) is 16.3. The summed E-state index contributed by atoms with van der Waals surface area (Å²) >= 11 is 6.57. The fourth-order valence-electron chi connectivity index (χ4n) is 5.63. The number of benzene rings is 1. The highest BCUT2D eigenvalue weighted by molar-refractivity contribution is 6.74. The van der Waals surface area contributed by atoms with Crippen LogP contribution in [0.25, 0.3) is 21.9 Å². The minimum atomic E-state index is -2.04. The molecule has 0 aliphatic carbocycles. The second kappa shape index (κ2) is 13.5. The van der Waals surface area contributed by atoms with E-state index >= 15 is 4.39 Å². The third kappa shape index (κ3) is 7.77. The number of hydrogen-bond acceptors (Lipinski definition) is 8. The van der Waals surface area contributed by atoms with Crippen LogP contribution in [-0.4, -0.2) is 68.5 Å². The maximum absolute atomic E-state index is 16.0. The van der Waals surface area contributed by atoms with Gasteiger partial charge in [-0.15, -0.1) is 0 Å². The zero-order valence-electron chi connectivity index (χ0n) is 29.3. The topological polar surface area (TPSA) is 112 Å². The van der Waals surface area contributed by atoms with Gasteiger partial charge in [0.2, 0.25) is 0 Å². The van der Waals surface area contributed by atoms with E-state index in [9.17, 15) is 9.59 Å². The van der Waals surface area contributed by atoms with Gasteiger partial charge in [0.1, 0.15) is 23.3 Å². The van der Waals surface area contributed by atoms with Crippen LogP contribution in [0.2, 0.25) is 23.2 Å². The first kappa shape index (κ1) is 36.0. The van der Waals surface area contributed by atoms with E-state index in [0.717, 1.165) is 0 Å². The molecule has 3 aromatic rings. The fraction of sp³-hybridized carbons (Fsp3) is 0.543. The lowest BCUT2D eigenvalue weighted by atomic mass is 9.91. The molecule has 2 aromatic heterocycles. The maximum Gasteiger partial charge on any atom is 0.414 e. The third-order valence-electron chi connectivity index (χ3n) is 9.26. The Morgan fingerprint density at radius 2 is 1.85 bits per heavy atom. The van der Waals surface area contributed by atoms with E-state index in [2.05, 4.69) is 44.2 Å². The van der Waals surface area contributed by atoms with Crippen molar-refractivity contribution >= 4 is 54.4 Å². The van der Waals surface area contributed by atoms with Crippen LogP contribution in [0.15, 0.2) is 24.5 Å². The minimum absolute atomic E-state index is 0.00458. The van der Waals surface area contributed by atoms with Gasteiger partial charge in [-0.1, -0.05) is 32.4 Å². The van der Waals surface area contributed by atoms with Crippen LogP contribution >= 0.6 is 11.6 Å². The SMILES string of the molecule is Cc1c(-c2cc3cc(NC(=O)O[C@@H]4CCOC4)ncc3c(Cl)c2F)cnc2c1N(C(=O)OC(C)(C)C)CC(CO[Si](C)(C)C(C)(C)C)C2. The average Bonchev–Trinajstić information content (AvgIpc) is 3.49. The van der Waals surface area contributed by atoms with Crippen LogP contribution in [0.5, 0.6) is 0 Å². The Labute approximate surface area is 287 Å². The smallest absolute Gasteiger partial charge is 0.414 e. The summed E-state index contributed by atoms with van der Waals surface area (Å²) in [5, 5.41) is 3.49. The molecule has 2 aliphatic heterocycles. The van der Waals surface area contributed by atoms with E-state index in [1.807, 2.05) is 27.7 Å². The Morgan fingerprint density at radius 3 is 2.50 bits per heavy atom. The van der Waals surface area contributed by atoms with Crippen molar-refractivity contribution < 1.29 is 32.6 Å². The Balaban J connectivity index is 1.50. The van der Waals surface area contributed by atoms with Crippen LogP contribution in [0.4, 0.5) is 25.5 Å². The molecule has 0 bridgehead atoms.